The summed E-state index contributed by atoms with van der Waals surface area (Å²) in [6.07, 6.45) is 1.28. The van der Waals surface area contributed by atoms with Crippen LogP contribution in [0.5, 0.6) is 0 Å². The molecular formula is C15H25NOS. The highest BCUT2D eigenvalue weighted by atomic mass is 32.2. The lowest BCUT2D eigenvalue weighted by molar-refractivity contribution is 0.199. The molecule has 0 unspecified atom stereocenters. The third kappa shape index (κ3) is 7.04. The minimum Gasteiger partial charge on any atom is -0.383 e. The van der Waals surface area contributed by atoms with Crippen molar-refractivity contribution in [1.29, 1.82) is 0 Å². The van der Waals surface area contributed by atoms with Crippen LogP contribution in [0.3, 0.4) is 0 Å². The van der Waals surface area contributed by atoms with Crippen LogP contribution in [0.25, 0.3) is 0 Å². The predicted octanol–water partition coefficient (Wildman–Crippen LogP) is 3.56. The van der Waals surface area contributed by atoms with Gasteiger partial charge in [-0.25, -0.2) is 0 Å². The van der Waals surface area contributed by atoms with Crippen LogP contribution in [0, 0.1) is 5.92 Å². The summed E-state index contributed by atoms with van der Waals surface area (Å²) < 4.78 is 5.00. The SMILES string of the molecule is COCCNCc1ccc(SCCC(C)C)cc1. The van der Waals surface area contributed by atoms with Gasteiger partial charge in [0.25, 0.3) is 0 Å². The van der Waals surface area contributed by atoms with Gasteiger partial charge in [-0.1, -0.05) is 26.0 Å². The summed E-state index contributed by atoms with van der Waals surface area (Å²) in [6, 6.07) is 8.85. The zero-order valence-electron chi connectivity index (χ0n) is 11.7. The van der Waals surface area contributed by atoms with Gasteiger partial charge in [0.1, 0.15) is 0 Å². The number of hydrogen-bond acceptors (Lipinski definition) is 3. The lowest BCUT2D eigenvalue weighted by Crippen LogP contribution is -2.18. The van der Waals surface area contributed by atoms with Crippen LogP contribution in [-0.2, 0) is 11.3 Å². The minimum absolute atomic E-state index is 0.767. The molecular weight excluding hydrogens is 242 g/mol. The van der Waals surface area contributed by atoms with E-state index in [-0.39, 0.29) is 0 Å². The van der Waals surface area contributed by atoms with E-state index in [1.54, 1.807) is 7.11 Å². The molecule has 0 saturated carbocycles. The van der Waals surface area contributed by atoms with Crippen molar-refractivity contribution in [2.45, 2.75) is 31.7 Å². The lowest BCUT2D eigenvalue weighted by Gasteiger charge is -2.07. The van der Waals surface area contributed by atoms with Gasteiger partial charge in [0.2, 0.25) is 0 Å². The standard InChI is InChI=1S/C15H25NOS/c1-13(2)8-11-18-15-6-4-14(5-7-15)12-16-9-10-17-3/h4-7,13,16H,8-12H2,1-3H3. The molecule has 0 aliphatic rings. The summed E-state index contributed by atoms with van der Waals surface area (Å²) in [6.45, 7) is 7.13. The molecule has 0 bridgehead atoms. The maximum atomic E-state index is 5.00. The van der Waals surface area contributed by atoms with Crippen molar-refractivity contribution in [3.05, 3.63) is 29.8 Å². The summed E-state index contributed by atoms with van der Waals surface area (Å²) >= 11 is 1.95. The fourth-order valence-electron chi connectivity index (χ4n) is 1.52. The van der Waals surface area contributed by atoms with Gasteiger partial charge in [0.15, 0.2) is 0 Å². The van der Waals surface area contributed by atoms with E-state index in [0.717, 1.165) is 25.6 Å². The largest absolute Gasteiger partial charge is 0.383 e. The molecule has 0 fully saturated rings. The lowest BCUT2D eigenvalue weighted by atomic mass is 10.2. The average Bonchev–Trinajstić information content (AvgIpc) is 2.36. The summed E-state index contributed by atoms with van der Waals surface area (Å²) in [5.41, 5.74) is 1.33. The van der Waals surface area contributed by atoms with Gasteiger partial charge in [0.05, 0.1) is 6.61 Å². The zero-order valence-corrected chi connectivity index (χ0v) is 12.6. The Morgan fingerprint density at radius 1 is 1.22 bits per heavy atom. The van der Waals surface area contributed by atoms with E-state index < -0.39 is 0 Å². The molecule has 0 saturated heterocycles. The molecule has 1 N–H and O–H groups in total. The second-order valence-corrected chi connectivity index (χ2v) is 6.01. The normalized spacial score (nSPS) is 11.1. The summed E-state index contributed by atoms with van der Waals surface area (Å²) in [7, 11) is 1.73. The smallest absolute Gasteiger partial charge is 0.0587 e. The molecule has 1 aromatic carbocycles. The molecule has 3 heteroatoms. The van der Waals surface area contributed by atoms with Crippen molar-refractivity contribution in [3.8, 4) is 0 Å². The van der Waals surface area contributed by atoms with E-state index >= 15 is 0 Å². The van der Waals surface area contributed by atoms with Gasteiger partial charge in [-0.3, -0.25) is 0 Å². The Morgan fingerprint density at radius 3 is 2.56 bits per heavy atom. The third-order valence-corrected chi connectivity index (χ3v) is 3.74. The van der Waals surface area contributed by atoms with Crippen LogP contribution in [-0.4, -0.2) is 26.0 Å². The zero-order chi connectivity index (χ0) is 13.2. The van der Waals surface area contributed by atoms with Crippen LogP contribution in [0.2, 0.25) is 0 Å². The monoisotopic (exact) mass is 267 g/mol. The van der Waals surface area contributed by atoms with Crippen molar-refractivity contribution >= 4 is 11.8 Å². The van der Waals surface area contributed by atoms with Gasteiger partial charge in [-0.15, -0.1) is 11.8 Å². The predicted molar refractivity (Wildman–Crippen MR) is 80.2 cm³/mol. The second kappa shape index (κ2) is 9.42. The van der Waals surface area contributed by atoms with E-state index in [1.165, 1.54) is 22.6 Å². The molecule has 2 nitrogen and oxygen atoms in total. The van der Waals surface area contributed by atoms with E-state index in [1.807, 2.05) is 11.8 Å². The molecule has 0 aliphatic carbocycles. The number of hydrogen-bond donors (Lipinski definition) is 1. The van der Waals surface area contributed by atoms with Gasteiger partial charge in [0, 0.05) is 25.1 Å². The van der Waals surface area contributed by atoms with Crippen molar-refractivity contribution in [2.24, 2.45) is 5.92 Å². The van der Waals surface area contributed by atoms with Crippen molar-refractivity contribution < 1.29 is 4.74 Å². The van der Waals surface area contributed by atoms with Crippen molar-refractivity contribution in [2.75, 3.05) is 26.0 Å². The van der Waals surface area contributed by atoms with Gasteiger partial charge < -0.3 is 10.1 Å². The summed E-state index contributed by atoms with van der Waals surface area (Å²) in [5.74, 6) is 2.00. The highest BCUT2D eigenvalue weighted by Crippen LogP contribution is 2.20. The fourth-order valence-corrected chi connectivity index (χ4v) is 2.68. The van der Waals surface area contributed by atoms with Crippen molar-refractivity contribution in [1.82, 2.24) is 5.32 Å². The third-order valence-electron chi connectivity index (χ3n) is 2.70. The van der Waals surface area contributed by atoms with E-state index in [0.29, 0.717) is 0 Å². The Hall–Kier alpha value is -0.510. The quantitative estimate of drug-likeness (QED) is 0.546. The Labute approximate surface area is 116 Å². The van der Waals surface area contributed by atoms with Gasteiger partial charge in [-0.05, 0) is 35.8 Å². The summed E-state index contributed by atoms with van der Waals surface area (Å²) in [5, 5.41) is 3.35. The van der Waals surface area contributed by atoms with Gasteiger partial charge in [-0.2, -0.15) is 0 Å². The first-order valence-corrected chi connectivity index (χ1v) is 7.62. The van der Waals surface area contributed by atoms with Gasteiger partial charge >= 0.3 is 0 Å². The highest BCUT2D eigenvalue weighted by molar-refractivity contribution is 7.99. The summed E-state index contributed by atoms with van der Waals surface area (Å²) in [4.78, 5) is 1.37. The Morgan fingerprint density at radius 2 is 1.94 bits per heavy atom. The van der Waals surface area contributed by atoms with Crippen LogP contribution < -0.4 is 5.32 Å². The molecule has 18 heavy (non-hydrogen) atoms. The molecule has 1 rings (SSSR count). The maximum Gasteiger partial charge on any atom is 0.0587 e. The van der Waals surface area contributed by atoms with E-state index in [9.17, 15) is 0 Å². The molecule has 102 valence electrons. The van der Waals surface area contributed by atoms with E-state index in [4.69, 9.17) is 4.74 Å². The minimum atomic E-state index is 0.767. The van der Waals surface area contributed by atoms with E-state index in [2.05, 4.69) is 43.4 Å². The molecule has 0 aromatic heterocycles. The first-order chi connectivity index (χ1) is 8.72. The molecule has 1 aromatic rings. The Bertz CT molecular complexity index is 311. The molecule has 0 radical (unpaired) electrons. The molecule has 0 aliphatic heterocycles. The fraction of sp³-hybridized carbons (Fsp3) is 0.600. The number of benzene rings is 1. The maximum absolute atomic E-state index is 5.00. The first kappa shape index (κ1) is 15.5. The van der Waals surface area contributed by atoms with Crippen LogP contribution in [0.15, 0.2) is 29.2 Å². The number of rotatable bonds is 9. The van der Waals surface area contributed by atoms with Crippen LogP contribution >= 0.6 is 11.8 Å². The molecule has 0 heterocycles. The molecule has 0 atom stereocenters. The number of ether oxygens (including phenoxy) is 1. The second-order valence-electron chi connectivity index (χ2n) is 4.84. The van der Waals surface area contributed by atoms with Crippen LogP contribution in [0.4, 0.5) is 0 Å². The topological polar surface area (TPSA) is 21.3 Å². The van der Waals surface area contributed by atoms with Crippen LogP contribution in [0.1, 0.15) is 25.8 Å². The number of methoxy groups -OCH3 is 1. The molecule has 0 spiro atoms. The molecule has 0 amide bonds. The number of nitrogens with one attached hydrogen (secondary N) is 1. The Kier molecular flexibility index (Phi) is 8.14. The average molecular weight is 267 g/mol. The van der Waals surface area contributed by atoms with Crippen molar-refractivity contribution in [3.63, 3.8) is 0 Å². The Balaban J connectivity index is 2.24. The number of thioether (sulfide) groups is 1. The first-order valence-electron chi connectivity index (χ1n) is 6.63. The highest BCUT2D eigenvalue weighted by Gasteiger charge is 1.98.